The molecule has 146 valence electrons. The van der Waals surface area contributed by atoms with E-state index in [1.807, 2.05) is 30.3 Å². The third kappa shape index (κ3) is 4.57. The van der Waals surface area contributed by atoms with Crippen LogP contribution in [0, 0.1) is 0 Å². The summed E-state index contributed by atoms with van der Waals surface area (Å²) in [4.78, 5) is 0.191. The van der Waals surface area contributed by atoms with E-state index in [4.69, 9.17) is 5.73 Å². The maximum absolute atomic E-state index is 12.9. The molecule has 1 aliphatic rings. The van der Waals surface area contributed by atoms with E-state index >= 15 is 0 Å². The molecule has 1 heterocycles. The number of hydrogen-bond acceptors (Lipinski definition) is 5. The first-order valence-electron chi connectivity index (χ1n) is 8.74. The average molecular weight is 409 g/mol. The molecule has 0 saturated carbocycles. The van der Waals surface area contributed by atoms with Gasteiger partial charge in [0.2, 0.25) is 10.0 Å². The number of hydrogen-bond donors (Lipinski definition) is 1. The highest BCUT2D eigenvalue weighted by atomic mass is 32.2. The number of nitrogens with zero attached hydrogens (tertiary/aromatic N) is 1. The van der Waals surface area contributed by atoms with Crippen LogP contribution in [-0.4, -0.2) is 45.7 Å². The summed E-state index contributed by atoms with van der Waals surface area (Å²) >= 11 is 0. The van der Waals surface area contributed by atoms with Gasteiger partial charge in [0.25, 0.3) is 0 Å². The van der Waals surface area contributed by atoms with Crippen molar-refractivity contribution in [3.05, 3.63) is 65.7 Å². The lowest BCUT2D eigenvalue weighted by molar-refractivity contribution is 0.410. The van der Waals surface area contributed by atoms with Crippen LogP contribution in [0.2, 0.25) is 0 Å². The van der Waals surface area contributed by atoms with Gasteiger partial charge in [0.05, 0.1) is 16.9 Å². The summed E-state index contributed by atoms with van der Waals surface area (Å²) in [5.41, 5.74) is 7.43. The molecule has 0 unspecified atom stereocenters. The van der Waals surface area contributed by atoms with Gasteiger partial charge in [-0.2, -0.15) is 4.31 Å². The van der Waals surface area contributed by atoms with Crippen LogP contribution in [-0.2, 0) is 26.4 Å². The lowest BCUT2D eigenvalue weighted by Gasteiger charge is -2.21. The molecule has 1 aliphatic heterocycles. The Balaban J connectivity index is 1.86. The Bertz CT molecular complexity index is 988. The van der Waals surface area contributed by atoms with E-state index in [-0.39, 0.29) is 16.6 Å². The zero-order valence-corrected chi connectivity index (χ0v) is 16.8. The van der Waals surface area contributed by atoms with Gasteiger partial charge in [-0.05, 0) is 35.6 Å². The Hall–Kier alpha value is -1.74. The second kappa shape index (κ2) is 7.71. The first kappa shape index (κ1) is 20.0. The molecule has 0 bridgehead atoms. The number of benzene rings is 2. The van der Waals surface area contributed by atoms with Gasteiger partial charge in [-0.25, -0.2) is 16.8 Å². The minimum absolute atomic E-state index is 0.0132. The smallest absolute Gasteiger partial charge is 0.211 e. The SMILES string of the molecule is CS(=O)(=O)N1C[C@@H](c2ccccc2)C[C@H]1CS(=O)(=O)c1ccc(CN)cc1. The Morgan fingerprint density at radius 1 is 1.00 bits per heavy atom. The first-order valence-corrected chi connectivity index (χ1v) is 12.2. The fraction of sp³-hybridized carbons (Fsp3) is 0.368. The average Bonchev–Trinajstić information content (AvgIpc) is 3.06. The van der Waals surface area contributed by atoms with E-state index in [2.05, 4.69) is 0 Å². The standard InChI is InChI=1S/C19H24N2O4S2/c1-26(22,23)21-13-17(16-5-3-2-4-6-16)11-18(21)14-27(24,25)19-9-7-15(12-20)8-10-19/h2-10,17-18H,11-14,20H2,1H3/t17-,18-/m0/s1. The molecule has 1 saturated heterocycles. The van der Waals surface area contributed by atoms with E-state index in [1.165, 1.54) is 16.4 Å². The third-order valence-electron chi connectivity index (χ3n) is 4.99. The molecule has 0 aliphatic carbocycles. The summed E-state index contributed by atoms with van der Waals surface area (Å²) < 4.78 is 51.5. The Labute approximate surface area is 161 Å². The van der Waals surface area contributed by atoms with Gasteiger partial charge < -0.3 is 5.73 Å². The molecule has 2 atom stereocenters. The number of sulfonamides is 1. The van der Waals surface area contributed by atoms with Gasteiger partial charge in [0.1, 0.15) is 0 Å². The van der Waals surface area contributed by atoms with E-state index < -0.39 is 25.9 Å². The van der Waals surface area contributed by atoms with Crippen LogP contribution in [0.3, 0.4) is 0 Å². The second-order valence-electron chi connectivity index (χ2n) is 6.96. The normalized spacial score (nSPS) is 21.4. The quantitative estimate of drug-likeness (QED) is 0.785. The van der Waals surface area contributed by atoms with Crippen molar-refractivity contribution >= 4 is 19.9 Å². The van der Waals surface area contributed by atoms with Gasteiger partial charge in [-0.1, -0.05) is 42.5 Å². The Kier molecular flexibility index (Phi) is 5.71. The summed E-state index contributed by atoms with van der Waals surface area (Å²) in [5.74, 6) is -0.244. The van der Waals surface area contributed by atoms with Crippen molar-refractivity contribution in [3.63, 3.8) is 0 Å². The number of sulfone groups is 1. The lowest BCUT2D eigenvalue weighted by atomic mass is 9.97. The van der Waals surface area contributed by atoms with Crippen LogP contribution in [0.25, 0.3) is 0 Å². The Morgan fingerprint density at radius 2 is 1.63 bits per heavy atom. The molecule has 2 aromatic rings. The summed E-state index contributed by atoms with van der Waals surface area (Å²) in [6, 6.07) is 15.5. The molecule has 8 heteroatoms. The van der Waals surface area contributed by atoms with E-state index in [1.54, 1.807) is 12.1 Å². The monoisotopic (exact) mass is 408 g/mol. The molecule has 0 amide bonds. The van der Waals surface area contributed by atoms with Gasteiger partial charge in [0.15, 0.2) is 9.84 Å². The highest BCUT2D eigenvalue weighted by Gasteiger charge is 2.40. The highest BCUT2D eigenvalue weighted by Crippen LogP contribution is 2.34. The van der Waals surface area contributed by atoms with Crippen molar-refractivity contribution in [2.24, 2.45) is 5.73 Å². The minimum Gasteiger partial charge on any atom is -0.326 e. The van der Waals surface area contributed by atoms with Crippen LogP contribution in [0.4, 0.5) is 0 Å². The van der Waals surface area contributed by atoms with Gasteiger partial charge >= 0.3 is 0 Å². The van der Waals surface area contributed by atoms with E-state index in [0.29, 0.717) is 19.5 Å². The number of nitrogens with two attached hydrogens (primary N) is 1. The molecule has 0 radical (unpaired) electrons. The van der Waals surface area contributed by atoms with Crippen LogP contribution in [0.15, 0.2) is 59.5 Å². The van der Waals surface area contributed by atoms with Crippen molar-refractivity contribution in [3.8, 4) is 0 Å². The van der Waals surface area contributed by atoms with Crippen molar-refractivity contribution < 1.29 is 16.8 Å². The molecule has 0 spiro atoms. The predicted molar refractivity (Wildman–Crippen MR) is 106 cm³/mol. The zero-order chi connectivity index (χ0) is 19.7. The van der Waals surface area contributed by atoms with Crippen LogP contribution < -0.4 is 5.73 Å². The van der Waals surface area contributed by atoms with Crippen LogP contribution in [0.5, 0.6) is 0 Å². The molecular weight excluding hydrogens is 384 g/mol. The second-order valence-corrected chi connectivity index (χ2v) is 10.9. The molecule has 0 aromatic heterocycles. The van der Waals surface area contributed by atoms with Gasteiger partial charge in [0, 0.05) is 19.1 Å². The fourth-order valence-corrected chi connectivity index (χ4v) is 6.41. The predicted octanol–water partition coefficient (Wildman–Crippen LogP) is 1.74. The summed E-state index contributed by atoms with van der Waals surface area (Å²) in [6.45, 7) is 0.638. The summed E-state index contributed by atoms with van der Waals surface area (Å²) in [5, 5.41) is 0. The van der Waals surface area contributed by atoms with Crippen LogP contribution >= 0.6 is 0 Å². The molecule has 3 rings (SSSR count). The molecule has 27 heavy (non-hydrogen) atoms. The minimum atomic E-state index is -3.61. The van der Waals surface area contributed by atoms with E-state index in [9.17, 15) is 16.8 Å². The van der Waals surface area contributed by atoms with Crippen molar-refractivity contribution in [2.75, 3.05) is 18.6 Å². The molecule has 1 fully saturated rings. The maximum Gasteiger partial charge on any atom is 0.211 e. The molecular formula is C19H24N2O4S2. The largest absolute Gasteiger partial charge is 0.326 e. The fourth-order valence-electron chi connectivity index (χ4n) is 3.59. The Morgan fingerprint density at radius 3 is 2.19 bits per heavy atom. The molecule has 2 aromatic carbocycles. The highest BCUT2D eigenvalue weighted by molar-refractivity contribution is 7.91. The number of rotatable bonds is 6. The van der Waals surface area contributed by atoms with Gasteiger partial charge in [-0.3, -0.25) is 0 Å². The van der Waals surface area contributed by atoms with Crippen molar-refractivity contribution in [1.29, 1.82) is 0 Å². The molecule has 2 N–H and O–H groups in total. The molecule has 6 nitrogen and oxygen atoms in total. The summed E-state index contributed by atoms with van der Waals surface area (Å²) in [7, 11) is -7.12. The van der Waals surface area contributed by atoms with Gasteiger partial charge in [-0.15, -0.1) is 0 Å². The van der Waals surface area contributed by atoms with E-state index in [0.717, 1.165) is 17.4 Å². The lowest BCUT2D eigenvalue weighted by Crippen LogP contribution is -2.39. The van der Waals surface area contributed by atoms with Crippen LogP contribution in [0.1, 0.15) is 23.5 Å². The topological polar surface area (TPSA) is 97.5 Å². The maximum atomic E-state index is 12.9. The zero-order valence-electron chi connectivity index (χ0n) is 15.2. The van der Waals surface area contributed by atoms with Crippen molar-refractivity contribution in [2.45, 2.75) is 29.8 Å². The first-order chi connectivity index (χ1) is 12.7. The summed E-state index contributed by atoms with van der Waals surface area (Å²) in [6.07, 6.45) is 1.62. The van der Waals surface area contributed by atoms with Crippen molar-refractivity contribution in [1.82, 2.24) is 4.31 Å². The third-order valence-corrected chi connectivity index (χ3v) is 8.10.